The molecule has 5 heteroatoms. The van der Waals surface area contributed by atoms with Gasteiger partial charge in [0.25, 0.3) is 0 Å². The Morgan fingerprint density at radius 2 is 2.11 bits per heavy atom. The number of carbonyl (C=O) groups is 1. The molecule has 0 amide bonds. The van der Waals surface area contributed by atoms with Gasteiger partial charge in [-0.25, -0.2) is 0 Å². The molecule has 0 atom stereocenters. The molecule has 0 saturated heterocycles. The summed E-state index contributed by atoms with van der Waals surface area (Å²) in [7, 11) is 1.84. The fourth-order valence-corrected chi connectivity index (χ4v) is 3.21. The van der Waals surface area contributed by atoms with Gasteiger partial charge in [0.1, 0.15) is 0 Å². The first-order valence-electron chi connectivity index (χ1n) is 6.44. The first-order valence-corrected chi connectivity index (χ1v) is 6.81. The molecule has 1 aliphatic rings. The third kappa shape index (κ3) is 2.14. The molecule has 0 radical (unpaired) electrons. The van der Waals surface area contributed by atoms with Crippen LogP contribution in [0.4, 0.5) is 0 Å². The van der Waals surface area contributed by atoms with Crippen molar-refractivity contribution in [2.75, 3.05) is 0 Å². The molecule has 1 saturated carbocycles. The lowest BCUT2D eigenvalue weighted by molar-refractivity contribution is -0.148. The summed E-state index contributed by atoms with van der Waals surface area (Å²) < 4.78 is 1.74. The standard InChI is InChI=1S/C13H19ClN2O2/c1-3-9-11(14)10(16(2)15-9)8-13(12(17)18)6-4-5-7-13/h3-8H2,1-2H3,(H,17,18). The van der Waals surface area contributed by atoms with E-state index >= 15 is 0 Å². The molecule has 1 aromatic heterocycles. The third-order valence-corrected chi connectivity index (χ3v) is 4.46. The number of hydrogen-bond donors (Lipinski definition) is 1. The molecule has 0 aliphatic heterocycles. The largest absolute Gasteiger partial charge is 0.481 e. The molecule has 0 aromatic carbocycles. The Kier molecular flexibility index (Phi) is 3.66. The molecule has 18 heavy (non-hydrogen) atoms. The van der Waals surface area contributed by atoms with Gasteiger partial charge in [-0.05, 0) is 19.3 Å². The highest BCUT2D eigenvalue weighted by Gasteiger charge is 2.42. The van der Waals surface area contributed by atoms with Crippen LogP contribution in [0.3, 0.4) is 0 Å². The van der Waals surface area contributed by atoms with Crippen LogP contribution in [0.25, 0.3) is 0 Å². The minimum Gasteiger partial charge on any atom is -0.481 e. The van der Waals surface area contributed by atoms with Crippen LogP contribution in [0.2, 0.25) is 5.02 Å². The van der Waals surface area contributed by atoms with E-state index in [2.05, 4.69) is 5.10 Å². The fraction of sp³-hybridized carbons (Fsp3) is 0.692. The minimum absolute atomic E-state index is 0.491. The van der Waals surface area contributed by atoms with Crippen LogP contribution < -0.4 is 0 Å². The summed E-state index contributed by atoms with van der Waals surface area (Å²) in [5, 5.41) is 14.5. The molecule has 1 heterocycles. The van der Waals surface area contributed by atoms with Crippen LogP contribution in [0.1, 0.15) is 44.0 Å². The van der Waals surface area contributed by atoms with Gasteiger partial charge in [-0.2, -0.15) is 5.10 Å². The third-order valence-electron chi connectivity index (χ3n) is 4.02. The summed E-state index contributed by atoms with van der Waals surface area (Å²) in [6.45, 7) is 2.00. The van der Waals surface area contributed by atoms with E-state index in [4.69, 9.17) is 11.6 Å². The van der Waals surface area contributed by atoms with Crippen LogP contribution in [-0.2, 0) is 24.7 Å². The molecule has 2 rings (SSSR count). The van der Waals surface area contributed by atoms with E-state index in [1.54, 1.807) is 4.68 Å². The van der Waals surface area contributed by atoms with Crippen molar-refractivity contribution in [3.63, 3.8) is 0 Å². The fourth-order valence-electron chi connectivity index (χ4n) is 2.85. The Balaban J connectivity index is 2.33. The molecule has 0 unspecified atom stereocenters. The van der Waals surface area contributed by atoms with Crippen LogP contribution in [0, 0.1) is 5.41 Å². The number of carboxylic acids is 1. The van der Waals surface area contributed by atoms with Gasteiger partial charge in [-0.3, -0.25) is 9.48 Å². The maximum absolute atomic E-state index is 11.6. The van der Waals surface area contributed by atoms with E-state index in [-0.39, 0.29) is 0 Å². The van der Waals surface area contributed by atoms with Crippen molar-refractivity contribution in [2.24, 2.45) is 12.5 Å². The van der Waals surface area contributed by atoms with E-state index < -0.39 is 11.4 Å². The van der Waals surface area contributed by atoms with Gasteiger partial charge < -0.3 is 5.11 Å². The highest BCUT2D eigenvalue weighted by Crippen LogP contribution is 2.42. The van der Waals surface area contributed by atoms with Crippen molar-refractivity contribution in [3.05, 3.63) is 16.4 Å². The zero-order valence-electron chi connectivity index (χ0n) is 10.9. The van der Waals surface area contributed by atoms with Crippen molar-refractivity contribution in [1.29, 1.82) is 0 Å². The second kappa shape index (κ2) is 4.92. The highest BCUT2D eigenvalue weighted by molar-refractivity contribution is 6.31. The summed E-state index contributed by atoms with van der Waals surface area (Å²) in [4.78, 5) is 11.6. The summed E-state index contributed by atoms with van der Waals surface area (Å²) in [5.41, 5.74) is 1.08. The minimum atomic E-state index is -0.699. The lowest BCUT2D eigenvalue weighted by Gasteiger charge is -2.23. The normalized spacial score (nSPS) is 18.2. The lowest BCUT2D eigenvalue weighted by atomic mass is 9.81. The number of hydrogen-bond acceptors (Lipinski definition) is 2. The number of halogens is 1. The molecular formula is C13H19ClN2O2. The monoisotopic (exact) mass is 270 g/mol. The SMILES string of the molecule is CCc1nn(C)c(CC2(C(=O)O)CCCC2)c1Cl. The second-order valence-corrected chi connectivity index (χ2v) is 5.53. The molecule has 0 bridgehead atoms. The number of aliphatic carboxylic acids is 1. The molecule has 0 spiro atoms. The van der Waals surface area contributed by atoms with Gasteiger partial charge in [-0.1, -0.05) is 31.4 Å². The summed E-state index contributed by atoms with van der Waals surface area (Å²) in [5.74, 6) is -0.699. The predicted molar refractivity (Wildman–Crippen MR) is 69.8 cm³/mol. The van der Waals surface area contributed by atoms with Crippen LogP contribution in [-0.4, -0.2) is 20.9 Å². The van der Waals surface area contributed by atoms with Crippen LogP contribution in [0.5, 0.6) is 0 Å². The smallest absolute Gasteiger partial charge is 0.310 e. The van der Waals surface area contributed by atoms with E-state index in [0.29, 0.717) is 11.4 Å². The maximum atomic E-state index is 11.6. The molecule has 100 valence electrons. The Bertz CT molecular complexity index is 462. The van der Waals surface area contributed by atoms with Crippen molar-refractivity contribution < 1.29 is 9.90 Å². The number of rotatable bonds is 4. The average molecular weight is 271 g/mol. The van der Waals surface area contributed by atoms with E-state index in [1.807, 2.05) is 14.0 Å². The molecular weight excluding hydrogens is 252 g/mol. The number of aromatic nitrogens is 2. The summed E-state index contributed by atoms with van der Waals surface area (Å²) in [6, 6.07) is 0. The van der Waals surface area contributed by atoms with Crippen molar-refractivity contribution >= 4 is 17.6 Å². The number of aryl methyl sites for hydroxylation is 2. The highest BCUT2D eigenvalue weighted by atomic mass is 35.5. The molecule has 1 aliphatic carbocycles. The van der Waals surface area contributed by atoms with E-state index in [9.17, 15) is 9.90 Å². The second-order valence-electron chi connectivity index (χ2n) is 5.15. The quantitative estimate of drug-likeness (QED) is 0.915. The van der Waals surface area contributed by atoms with Gasteiger partial charge >= 0.3 is 5.97 Å². The number of nitrogens with zero attached hydrogens (tertiary/aromatic N) is 2. The Morgan fingerprint density at radius 1 is 1.50 bits per heavy atom. The topological polar surface area (TPSA) is 55.1 Å². The zero-order valence-corrected chi connectivity index (χ0v) is 11.6. The number of carboxylic acid groups (broad SMARTS) is 1. The lowest BCUT2D eigenvalue weighted by Crippen LogP contribution is -2.31. The van der Waals surface area contributed by atoms with Gasteiger partial charge in [0, 0.05) is 13.5 Å². The van der Waals surface area contributed by atoms with Crippen molar-refractivity contribution in [2.45, 2.75) is 45.4 Å². The molecule has 1 N–H and O–H groups in total. The molecule has 1 fully saturated rings. The van der Waals surface area contributed by atoms with Crippen molar-refractivity contribution in [3.8, 4) is 0 Å². The maximum Gasteiger partial charge on any atom is 0.310 e. The summed E-state index contributed by atoms with van der Waals surface area (Å²) in [6.07, 6.45) is 4.72. The summed E-state index contributed by atoms with van der Waals surface area (Å²) >= 11 is 6.30. The Labute approximate surface area is 112 Å². The molecule has 4 nitrogen and oxygen atoms in total. The first-order chi connectivity index (χ1) is 8.50. The van der Waals surface area contributed by atoms with Crippen molar-refractivity contribution in [1.82, 2.24) is 9.78 Å². The van der Waals surface area contributed by atoms with Crippen LogP contribution >= 0.6 is 11.6 Å². The van der Waals surface area contributed by atoms with Gasteiger partial charge in [0.05, 0.1) is 21.8 Å². The van der Waals surface area contributed by atoms with Gasteiger partial charge in [0.2, 0.25) is 0 Å². The average Bonchev–Trinajstić information content (AvgIpc) is 2.90. The zero-order chi connectivity index (χ0) is 13.3. The Hall–Kier alpha value is -1.03. The van der Waals surface area contributed by atoms with E-state index in [1.165, 1.54) is 0 Å². The predicted octanol–water partition coefficient (Wildman–Crippen LogP) is 2.82. The van der Waals surface area contributed by atoms with E-state index in [0.717, 1.165) is 43.5 Å². The van der Waals surface area contributed by atoms with Crippen LogP contribution in [0.15, 0.2) is 0 Å². The first kappa shape index (κ1) is 13.4. The molecule has 1 aromatic rings. The van der Waals surface area contributed by atoms with Gasteiger partial charge in [-0.15, -0.1) is 0 Å². The van der Waals surface area contributed by atoms with Gasteiger partial charge in [0.15, 0.2) is 0 Å². The Morgan fingerprint density at radius 3 is 2.56 bits per heavy atom.